The number of nitriles is 1. The minimum atomic E-state index is -3.60. The predicted octanol–water partition coefficient (Wildman–Crippen LogP) is 4.64. The zero-order valence-electron chi connectivity index (χ0n) is 20.8. The van der Waals surface area contributed by atoms with E-state index in [1.807, 2.05) is 26.0 Å². The quantitative estimate of drug-likeness (QED) is 0.543. The summed E-state index contributed by atoms with van der Waals surface area (Å²) in [6.07, 6.45) is 4.99. The van der Waals surface area contributed by atoms with Gasteiger partial charge in [-0.15, -0.1) is 0 Å². The van der Waals surface area contributed by atoms with Gasteiger partial charge in [0.05, 0.1) is 42.3 Å². The van der Waals surface area contributed by atoms with Crippen molar-refractivity contribution in [1.82, 2.24) is 9.97 Å². The Labute approximate surface area is 206 Å². The number of sulfonamides is 1. The third kappa shape index (κ3) is 6.63. The number of aromatic nitrogens is 2. The fourth-order valence-corrected chi connectivity index (χ4v) is 4.27. The van der Waals surface area contributed by atoms with Crippen molar-refractivity contribution < 1.29 is 22.3 Å². The largest absolute Gasteiger partial charge is 0.346 e. The van der Waals surface area contributed by atoms with Gasteiger partial charge in [-0.05, 0) is 44.0 Å². The number of anilines is 1. The average molecular weight is 503 g/mol. The molecule has 1 fully saturated rings. The van der Waals surface area contributed by atoms with Crippen LogP contribution in [0.25, 0.3) is 17.3 Å². The van der Waals surface area contributed by atoms with Gasteiger partial charge in [-0.25, -0.2) is 27.1 Å². The Morgan fingerprint density at radius 1 is 1.26 bits per heavy atom. The Morgan fingerprint density at radius 2 is 1.91 bits per heavy atom. The molecule has 1 aliphatic rings. The van der Waals surface area contributed by atoms with Gasteiger partial charge in [0.2, 0.25) is 16.0 Å². The summed E-state index contributed by atoms with van der Waals surface area (Å²) in [4.78, 5) is 9.15. The Balaban J connectivity index is 2.14. The van der Waals surface area contributed by atoms with Gasteiger partial charge in [0.15, 0.2) is 5.79 Å². The van der Waals surface area contributed by atoms with Crippen molar-refractivity contribution in [2.75, 3.05) is 17.6 Å². The normalized spacial score (nSPS) is 20.2. The van der Waals surface area contributed by atoms with Crippen LogP contribution in [0, 0.1) is 17.1 Å². The molecule has 0 aliphatic carbocycles. The molecule has 3 rings (SSSR count). The fraction of sp³-hybridized carbons (Fsp3) is 0.480. The lowest BCUT2D eigenvalue weighted by atomic mass is 9.97. The Bertz CT molecular complexity index is 1240. The highest BCUT2D eigenvalue weighted by Crippen LogP contribution is 2.33. The van der Waals surface area contributed by atoms with Gasteiger partial charge >= 0.3 is 0 Å². The Hall–Kier alpha value is -2.87. The second-order valence-corrected chi connectivity index (χ2v) is 11.3. The van der Waals surface area contributed by atoms with Crippen molar-refractivity contribution in [2.45, 2.75) is 64.4 Å². The Kier molecular flexibility index (Phi) is 7.94. The highest BCUT2D eigenvalue weighted by Gasteiger charge is 2.34. The molecule has 0 bridgehead atoms. The Morgan fingerprint density at radius 3 is 2.49 bits per heavy atom. The van der Waals surface area contributed by atoms with E-state index in [0.717, 1.165) is 10.6 Å². The molecule has 10 heteroatoms. The van der Waals surface area contributed by atoms with Gasteiger partial charge in [-0.1, -0.05) is 26.0 Å². The molecule has 0 unspecified atom stereocenters. The molecular weight excluding hydrogens is 471 g/mol. The van der Waals surface area contributed by atoms with E-state index in [-0.39, 0.29) is 36.3 Å². The van der Waals surface area contributed by atoms with Gasteiger partial charge in [-0.3, -0.25) is 0 Å². The summed E-state index contributed by atoms with van der Waals surface area (Å²) < 4.78 is 51.0. The maximum atomic E-state index is 13.7. The fourth-order valence-electron chi connectivity index (χ4n) is 3.89. The maximum Gasteiger partial charge on any atom is 0.239 e. The standard InChI is InChI=1S/C25H31FN4O4S/c1-16(2)22-21(12-11-19-15-20(13-14-27)34-25(3,4)33-19)23(17-7-9-18(26)10-8-17)29-24(28-22)30(5)35(6,31)32/h7-12,16,19-20H,13,15H2,1-6H3/b12-11+/t19-,20+/m1/s1. The lowest BCUT2D eigenvalue weighted by molar-refractivity contribution is -0.288. The van der Waals surface area contributed by atoms with Crippen LogP contribution in [-0.2, 0) is 19.5 Å². The molecule has 1 aliphatic heterocycles. The number of ether oxygens (including phenoxy) is 2. The lowest BCUT2D eigenvalue weighted by Crippen LogP contribution is -2.43. The summed E-state index contributed by atoms with van der Waals surface area (Å²) in [5.74, 6) is -1.28. The van der Waals surface area contributed by atoms with Crippen molar-refractivity contribution in [3.63, 3.8) is 0 Å². The molecule has 1 aromatic heterocycles. The molecule has 2 aromatic rings. The second-order valence-electron chi connectivity index (χ2n) is 9.32. The number of halogens is 1. The van der Waals surface area contributed by atoms with E-state index in [0.29, 0.717) is 28.9 Å². The van der Waals surface area contributed by atoms with Crippen molar-refractivity contribution in [2.24, 2.45) is 0 Å². The van der Waals surface area contributed by atoms with E-state index in [1.54, 1.807) is 26.0 Å². The molecule has 0 radical (unpaired) electrons. The average Bonchev–Trinajstić information content (AvgIpc) is 2.75. The zero-order chi connectivity index (χ0) is 26.0. The van der Waals surface area contributed by atoms with Crippen LogP contribution in [0.1, 0.15) is 57.7 Å². The van der Waals surface area contributed by atoms with Crippen LogP contribution in [0.15, 0.2) is 30.3 Å². The molecule has 2 heterocycles. The van der Waals surface area contributed by atoms with Gasteiger partial charge in [0.1, 0.15) is 5.82 Å². The van der Waals surface area contributed by atoms with Crippen LogP contribution in [0.2, 0.25) is 0 Å². The third-order valence-corrected chi connectivity index (χ3v) is 6.74. The van der Waals surface area contributed by atoms with Gasteiger partial charge in [-0.2, -0.15) is 5.26 Å². The van der Waals surface area contributed by atoms with E-state index < -0.39 is 15.8 Å². The summed E-state index contributed by atoms with van der Waals surface area (Å²) in [5, 5.41) is 9.11. The molecular formula is C25H31FN4O4S. The topological polar surface area (TPSA) is 105 Å². The molecule has 0 saturated carbocycles. The third-order valence-electron chi connectivity index (χ3n) is 5.58. The van der Waals surface area contributed by atoms with Crippen LogP contribution < -0.4 is 4.31 Å². The number of rotatable bonds is 7. The molecule has 0 amide bonds. The van der Waals surface area contributed by atoms with Crippen LogP contribution >= 0.6 is 0 Å². The zero-order valence-corrected chi connectivity index (χ0v) is 21.6. The minimum absolute atomic E-state index is 0.0326. The lowest BCUT2D eigenvalue weighted by Gasteiger charge is -2.39. The summed E-state index contributed by atoms with van der Waals surface area (Å²) >= 11 is 0. The van der Waals surface area contributed by atoms with Crippen LogP contribution in [0.5, 0.6) is 0 Å². The summed E-state index contributed by atoms with van der Waals surface area (Å²) in [6, 6.07) is 8.00. The maximum absolute atomic E-state index is 13.7. The first-order chi connectivity index (χ1) is 16.3. The number of nitrogens with zero attached hydrogens (tertiary/aromatic N) is 4. The first-order valence-electron chi connectivity index (χ1n) is 11.3. The summed E-state index contributed by atoms with van der Waals surface area (Å²) in [7, 11) is -2.21. The van der Waals surface area contributed by atoms with Crippen LogP contribution in [0.4, 0.5) is 10.3 Å². The first kappa shape index (κ1) is 26.7. The number of hydrogen-bond donors (Lipinski definition) is 0. The second kappa shape index (κ2) is 10.4. The van der Waals surface area contributed by atoms with E-state index in [1.165, 1.54) is 19.2 Å². The van der Waals surface area contributed by atoms with Crippen molar-refractivity contribution in [3.8, 4) is 17.3 Å². The predicted molar refractivity (Wildman–Crippen MR) is 132 cm³/mol. The van der Waals surface area contributed by atoms with E-state index in [2.05, 4.69) is 16.0 Å². The minimum Gasteiger partial charge on any atom is -0.346 e. The van der Waals surface area contributed by atoms with E-state index in [9.17, 15) is 12.8 Å². The molecule has 188 valence electrons. The molecule has 1 aromatic carbocycles. The highest BCUT2D eigenvalue weighted by atomic mass is 32.2. The highest BCUT2D eigenvalue weighted by molar-refractivity contribution is 7.92. The molecule has 2 atom stereocenters. The van der Waals surface area contributed by atoms with E-state index in [4.69, 9.17) is 14.7 Å². The van der Waals surface area contributed by atoms with Crippen LogP contribution in [-0.4, -0.2) is 49.7 Å². The molecule has 0 N–H and O–H groups in total. The SMILES string of the molecule is CC(C)c1nc(N(C)S(C)(=O)=O)nc(-c2ccc(F)cc2)c1/C=C/[C@@H]1C[C@H](CC#N)OC(C)(C)O1. The molecule has 0 spiro atoms. The van der Waals surface area contributed by atoms with Crippen molar-refractivity contribution >= 4 is 22.0 Å². The van der Waals surface area contributed by atoms with Gasteiger partial charge in [0.25, 0.3) is 0 Å². The monoisotopic (exact) mass is 502 g/mol. The molecule has 35 heavy (non-hydrogen) atoms. The summed E-state index contributed by atoms with van der Waals surface area (Å²) in [6.45, 7) is 7.52. The summed E-state index contributed by atoms with van der Waals surface area (Å²) in [5.41, 5.74) is 2.42. The molecule has 8 nitrogen and oxygen atoms in total. The van der Waals surface area contributed by atoms with Crippen LogP contribution in [0.3, 0.4) is 0 Å². The first-order valence-corrected chi connectivity index (χ1v) is 13.2. The number of benzene rings is 1. The van der Waals surface area contributed by atoms with Crippen molar-refractivity contribution in [3.05, 3.63) is 47.4 Å². The van der Waals surface area contributed by atoms with Crippen molar-refractivity contribution in [1.29, 1.82) is 5.26 Å². The van der Waals surface area contributed by atoms with Gasteiger partial charge < -0.3 is 9.47 Å². The van der Waals surface area contributed by atoms with E-state index >= 15 is 0 Å². The number of hydrogen-bond acceptors (Lipinski definition) is 7. The smallest absolute Gasteiger partial charge is 0.239 e. The van der Waals surface area contributed by atoms with Gasteiger partial charge in [0, 0.05) is 24.6 Å². The molecule has 1 saturated heterocycles.